The van der Waals surface area contributed by atoms with Crippen LogP contribution in [-0.2, 0) is 19.1 Å². The average Bonchev–Trinajstić information content (AvgIpc) is 3.80. The van der Waals surface area contributed by atoms with Crippen LogP contribution in [0.4, 0.5) is 27.2 Å². The Labute approximate surface area is 314 Å². The molecule has 0 N–H and O–H groups in total. The number of esters is 2. The molecule has 51 heavy (non-hydrogen) atoms. The fraction of sp³-hybridized carbons (Fsp3) is 0.395. The van der Waals surface area contributed by atoms with E-state index in [0.717, 1.165) is 75.6 Å². The average molecular weight is 739 g/mol. The van der Waals surface area contributed by atoms with Gasteiger partial charge in [0.1, 0.15) is 22.2 Å². The standard InChI is InChI=1S/C38H46N6O5S2.2H2/c1-4-35(45)48-26-15-13-11-9-7-8-10-12-14-25-47-32-22-18-30(19-23-32)40-42-34-28-33-37(51-34)39-38(50-33)43-41-29-16-20-31(21-17-29)44(6-3)24-27-49-36(46)5-2;;/h4-5,16-23,28H,1-2,6-15,24-27H2,3H3;2*1H/i;2*1+1D. The normalized spacial score (nSPS) is 11.6. The van der Waals surface area contributed by atoms with Gasteiger partial charge in [0.25, 0.3) is 0 Å². The molecule has 0 atom stereocenters. The van der Waals surface area contributed by atoms with Crippen molar-refractivity contribution >= 4 is 71.3 Å². The van der Waals surface area contributed by atoms with E-state index in [0.29, 0.717) is 31.5 Å². The number of fused-ring (bicyclic) bond motifs is 1. The van der Waals surface area contributed by atoms with Crippen molar-refractivity contribution in [2.24, 2.45) is 20.5 Å². The minimum absolute atomic E-state index is 0.291. The third kappa shape index (κ3) is 14.2. The van der Waals surface area contributed by atoms with E-state index in [1.165, 1.54) is 60.9 Å². The zero-order valence-electron chi connectivity index (χ0n) is 33.2. The maximum absolute atomic E-state index is 11.3. The molecule has 0 spiro atoms. The smallest absolute Gasteiger partial charge is 0.330 e. The predicted molar refractivity (Wildman–Crippen MR) is 210 cm³/mol. The van der Waals surface area contributed by atoms with Crippen molar-refractivity contribution in [1.29, 1.82) is 0 Å². The van der Waals surface area contributed by atoms with Crippen molar-refractivity contribution in [3.05, 3.63) is 79.9 Å². The SMILES string of the molecule is C=CC(=O)OCCCCCCCCCCCOc1ccc(N=Nc2cc3sc(N=Nc4ccc(N(CC)CCOC(=O)C=C)cc4)nc3s2)cc1.[2H][2H].[2H][2H]. The third-order valence-electron chi connectivity index (χ3n) is 7.75. The van der Waals surface area contributed by atoms with Gasteiger partial charge in [-0.2, -0.15) is 0 Å². The van der Waals surface area contributed by atoms with Gasteiger partial charge >= 0.3 is 11.9 Å². The Morgan fingerprint density at radius 3 is 1.94 bits per heavy atom. The molecule has 2 aromatic heterocycles. The maximum atomic E-state index is 11.3. The highest BCUT2D eigenvalue weighted by atomic mass is 32.1. The van der Waals surface area contributed by atoms with Crippen LogP contribution in [0.5, 0.6) is 5.75 Å². The number of likely N-dealkylation sites (N-methyl/N-ethyl adjacent to an activating group) is 1. The van der Waals surface area contributed by atoms with Gasteiger partial charge in [0, 0.05) is 30.3 Å². The minimum atomic E-state index is -0.422. The van der Waals surface area contributed by atoms with E-state index < -0.39 is 5.97 Å². The van der Waals surface area contributed by atoms with Crippen LogP contribution in [0.3, 0.4) is 0 Å². The molecule has 13 heteroatoms. The fourth-order valence-electron chi connectivity index (χ4n) is 5.00. The van der Waals surface area contributed by atoms with E-state index in [9.17, 15) is 9.59 Å². The Bertz CT molecular complexity index is 1720. The number of unbranched alkanes of at least 4 members (excludes halogenated alkanes) is 8. The number of azo groups is 2. The van der Waals surface area contributed by atoms with Crippen LogP contribution in [0.15, 0.2) is 100 Å². The zero-order valence-corrected chi connectivity index (χ0v) is 30.8. The lowest BCUT2D eigenvalue weighted by Crippen LogP contribution is -2.27. The van der Waals surface area contributed by atoms with Crippen LogP contribution >= 0.6 is 22.7 Å². The molecule has 0 saturated carbocycles. The summed E-state index contributed by atoms with van der Waals surface area (Å²) in [5, 5.41) is 18.8. The van der Waals surface area contributed by atoms with E-state index in [1.807, 2.05) is 61.5 Å². The lowest BCUT2D eigenvalue weighted by atomic mass is 10.1. The highest BCUT2D eigenvalue weighted by Gasteiger charge is 2.09. The van der Waals surface area contributed by atoms with E-state index in [4.69, 9.17) is 20.1 Å². The molecule has 0 aliphatic carbocycles. The molecule has 0 unspecified atom stereocenters. The summed E-state index contributed by atoms with van der Waals surface area (Å²) in [6, 6.07) is 17.4. The van der Waals surface area contributed by atoms with Crippen LogP contribution in [0.2, 0.25) is 0 Å². The Balaban J connectivity index is 0.00000253. The number of ether oxygens (including phenoxy) is 3. The van der Waals surface area contributed by atoms with Crippen LogP contribution in [0.25, 0.3) is 9.53 Å². The Hall–Kier alpha value is -4.75. The number of hydrogen-bond donors (Lipinski definition) is 0. The quantitative estimate of drug-likeness (QED) is 0.0303. The molecule has 4 rings (SSSR count). The van der Waals surface area contributed by atoms with Crippen molar-refractivity contribution in [2.75, 3.05) is 37.8 Å². The molecular formula is C38H50N6O5S2. The number of benzene rings is 2. The molecule has 0 bridgehead atoms. The van der Waals surface area contributed by atoms with Crippen molar-refractivity contribution in [3.8, 4) is 5.75 Å². The molecule has 0 amide bonds. The number of hydrogen-bond acceptors (Lipinski definition) is 13. The van der Waals surface area contributed by atoms with Gasteiger partial charge in [0.15, 0.2) is 0 Å². The molecule has 0 aliphatic heterocycles. The number of thiazole rings is 1. The zero-order chi connectivity index (χ0) is 40.1. The number of anilines is 1. The molecular weight excluding hydrogens is 685 g/mol. The maximum Gasteiger partial charge on any atom is 0.330 e. The van der Waals surface area contributed by atoms with Crippen molar-refractivity contribution in [1.82, 2.24) is 4.98 Å². The van der Waals surface area contributed by atoms with Gasteiger partial charge in [0.2, 0.25) is 5.13 Å². The molecule has 0 radical (unpaired) electrons. The molecule has 2 aromatic carbocycles. The van der Waals surface area contributed by atoms with Gasteiger partial charge < -0.3 is 19.1 Å². The predicted octanol–water partition coefficient (Wildman–Crippen LogP) is 11.9. The van der Waals surface area contributed by atoms with Gasteiger partial charge in [-0.15, -0.1) is 20.5 Å². The van der Waals surface area contributed by atoms with E-state index in [2.05, 4.69) is 43.5 Å². The molecule has 0 saturated heterocycles. The lowest BCUT2D eigenvalue weighted by molar-refractivity contribution is -0.138. The van der Waals surface area contributed by atoms with Crippen molar-refractivity contribution in [2.45, 2.75) is 64.7 Å². The van der Waals surface area contributed by atoms with Gasteiger partial charge in [-0.1, -0.05) is 80.8 Å². The molecule has 11 nitrogen and oxygen atoms in total. The number of aromatic nitrogens is 1. The van der Waals surface area contributed by atoms with Crippen LogP contribution in [0, 0.1) is 0 Å². The summed E-state index contributed by atoms with van der Waals surface area (Å²) in [7, 11) is 0. The third-order valence-corrected chi connectivity index (χ3v) is 9.68. The van der Waals surface area contributed by atoms with Crippen molar-refractivity contribution in [3.63, 3.8) is 0 Å². The first kappa shape index (κ1) is 36.1. The molecule has 2 heterocycles. The Morgan fingerprint density at radius 1 is 0.765 bits per heavy atom. The highest BCUT2D eigenvalue weighted by Crippen LogP contribution is 2.39. The summed E-state index contributed by atoms with van der Waals surface area (Å²) in [6.45, 7) is 11.7. The number of rotatable bonds is 24. The van der Waals surface area contributed by atoms with E-state index in [1.54, 1.807) is 0 Å². The van der Waals surface area contributed by atoms with Gasteiger partial charge in [0.05, 0.1) is 35.8 Å². The van der Waals surface area contributed by atoms with Crippen LogP contribution in [-0.4, -0.2) is 49.8 Å². The summed E-state index contributed by atoms with van der Waals surface area (Å²) in [4.78, 5) is 29.8. The summed E-state index contributed by atoms with van der Waals surface area (Å²) < 4.78 is 37.0. The van der Waals surface area contributed by atoms with Gasteiger partial charge in [-0.25, -0.2) is 14.6 Å². The second-order valence-electron chi connectivity index (χ2n) is 11.5. The highest BCUT2D eigenvalue weighted by molar-refractivity contribution is 7.30. The first-order valence-corrected chi connectivity index (χ1v) is 19.0. The lowest BCUT2D eigenvalue weighted by Gasteiger charge is -2.22. The number of nitrogens with zero attached hydrogens (tertiary/aromatic N) is 6. The first-order valence-electron chi connectivity index (χ1n) is 19.4. The Kier molecular flexibility index (Phi) is 15.7. The molecule has 4 aromatic rings. The van der Waals surface area contributed by atoms with E-state index in [-0.39, 0.29) is 5.97 Å². The van der Waals surface area contributed by atoms with Crippen LogP contribution in [0.1, 0.15) is 70.7 Å². The summed E-state index contributed by atoms with van der Waals surface area (Å²) in [6.07, 6.45) is 12.7. The second-order valence-corrected chi connectivity index (χ2v) is 13.5. The summed E-state index contributed by atoms with van der Waals surface area (Å²) in [5.41, 5.74) is 2.48. The molecule has 0 fully saturated rings. The number of carbonyl (C=O) groups is 2. The van der Waals surface area contributed by atoms with Gasteiger partial charge in [-0.3, -0.25) is 0 Å². The number of thiophene rings is 1. The van der Waals surface area contributed by atoms with Gasteiger partial charge in [-0.05, 0) is 74.4 Å². The second kappa shape index (κ2) is 22.1. The minimum Gasteiger partial charge on any atom is -0.494 e. The summed E-state index contributed by atoms with van der Waals surface area (Å²) in [5.74, 6) is 0.0692. The fourth-order valence-corrected chi connectivity index (χ4v) is 6.85. The largest absolute Gasteiger partial charge is 0.494 e. The van der Waals surface area contributed by atoms with Crippen LogP contribution < -0.4 is 9.64 Å². The molecule has 274 valence electrons. The molecule has 0 aliphatic rings. The topological polar surface area (TPSA) is 127 Å². The monoisotopic (exact) mass is 738 g/mol. The van der Waals surface area contributed by atoms with Crippen molar-refractivity contribution < 1.29 is 29.7 Å². The summed E-state index contributed by atoms with van der Waals surface area (Å²) >= 11 is 2.91. The Morgan fingerprint density at radius 2 is 1.33 bits per heavy atom. The van der Waals surface area contributed by atoms with E-state index >= 15 is 0 Å². The number of carbonyl (C=O) groups excluding carboxylic acids is 2. The first-order chi connectivity index (χ1) is 27.0.